The number of hydrogen-bond donors (Lipinski definition) is 0. The van der Waals surface area contributed by atoms with Crippen LogP contribution in [0.25, 0.3) is 33.4 Å². The van der Waals surface area contributed by atoms with Crippen LogP contribution in [-0.2, 0) is 50.9 Å². The van der Waals surface area contributed by atoms with E-state index in [0.717, 1.165) is 55.3 Å². The maximum Gasteiger partial charge on any atom is -1.00 e. The van der Waals surface area contributed by atoms with Gasteiger partial charge < -0.3 is 24.8 Å². The fraction of sp³-hybridized carbons (Fsp3) is 0.226. The zero-order valence-corrected chi connectivity index (χ0v) is 39.3. The van der Waals surface area contributed by atoms with Crippen LogP contribution in [0.4, 0.5) is 26.3 Å². The van der Waals surface area contributed by atoms with Gasteiger partial charge >= 0.3 is 358 Å². The third-order valence-electron chi connectivity index (χ3n) is 11.7. The molecule has 6 aromatic carbocycles. The molecule has 0 nitrogen and oxygen atoms in total. The van der Waals surface area contributed by atoms with E-state index in [1.54, 1.807) is 0 Å². The Hall–Kier alpha value is -4.29. The van der Waals surface area contributed by atoms with E-state index in [9.17, 15) is 26.3 Å². The molecule has 0 radical (unpaired) electrons. The van der Waals surface area contributed by atoms with E-state index < -0.39 is 44.7 Å². The van der Waals surface area contributed by atoms with Crippen LogP contribution in [0.3, 0.4) is 0 Å². The summed E-state index contributed by atoms with van der Waals surface area (Å²) in [7, 11) is 0. The molecule has 0 aromatic heterocycles. The van der Waals surface area contributed by atoms with Gasteiger partial charge in [-0.15, -0.1) is 0 Å². The van der Waals surface area contributed by atoms with Gasteiger partial charge in [-0.3, -0.25) is 0 Å². The van der Waals surface area contributed by atoms with Crippen LogP contribution >= 0.6 is 0 Å². The molecule has 0 fully saturated rings. The molecule has 62 heavy (non-hydrogen) atoms. The quantitative estimate of drug-likeness (QED) is 0.147. The molecule has 9 heteroatoms. The Bertz CT molecular complexity index is 2640. The fourth-order valence-corrected chi connectivity index (χ4v) is 17.3. The van der Waals surface area contributed by atoms with E-state index in [-0.39, 0.29) is 35.6 Å². The molecule has 2 aliphatic rings. The predicted molar refractivity (Wildman–Crippen MR) is 231 cm³/mol. The van der Waals surface area contributed by atoms with Gasteiger partial charge in [-0.05, 0) is 0 Å². The topological polar surface area (TPSA) is 0 Å². The van der Waals surface area contributed by atoms with Crippen molar-refractivity contribution >= 4 is 6.48 Å². The first kappa shape index (κ1) is 47.2. The summed E-state index contributed by atoms with van der Waals surface area (Å²) in [6.45, 7) is 13.4. The van der Waals surface area contributed by atoms with E-state index in [1.165, 1.54) is 58.6 Å². The van der Waals surface area contributed by atoms with Gasteiger partial charge in [0.1, 0.15) is 0 Å². The molecule has 0 bridgehead atoms. The SMILES string of the molecule is CC(C)(C)c1cc2c(cc1-c1ccccc1)Cc1c-2cc(C(C)(C)C)c(-c2ccccc2)[c]1[Zr+2]([C]1=CC=CC1)=[C](c1ccc(C(F)(F)F)cc1)c1ccc(C(F)(F)F)cc1.[Cl-].[Cl-]. The van der Waals surface area contributed by atoms with E-state index in [4.69, 9.17) is 0 Å². The molecule has 0 spiro atoms. The minimum Gasteiger partial charge on any atom is -1.00 e. The van der Waals surface area contributed by atoms with Gasteiger partial charge in [0.2, 0.25) is 0 Å². The van der Waals surface area contributed by atoms with Crippen LogP contribution in [0.15, 0.2) is 149 Å². The Morgan fingerprint density at radius 2 is 1.02 bits per heavy atom. The summed E-state index contributed by atoms with van der Waals surface area (Å²) in [6, 6.07) is 38.3. The minimum absolute atomic E-state index is 0. The largest absolute Gasteiger partial charge is 1.00 e. The van der Waals surface area contributed by atoms with Crippen molar-refractivity contribution in [1.82, 2.24) is 0 Å². The molecule has 8 rings (SSSR count). The maximum absolute atomic E-state index is 14.1. The van der Waals surface area contributed by atoms with Crippen molar-refractivity contribution < 1.29 is 72.4 Å². The van der Waals surface area contributed by atoms with Crippen LogP contribution in [0, 0.1) is 0 Å². The van der Waals surface area contributed by atoms with Gasteiger partial charge in [0.25, 0.3) is 0 Å². The summed E-state index contributed by atoms with van der Waals surface area (Å²) in [5.74, 6) is 0. The van der Waals surface area contributed by atoms with Crippen molar-refractivity contribution in [3.63, 3.8) is 0 Å². The maximum atomic E-state index is 14.1. The van der Waals surface area contributed by atoms with Crippen molar-refractivity contribution in [2.24, 2.45) is 0 Å². The summed E-state index contributed by atoms with van der Waals surface area (Å²) in [6.07, 6.45) is -1.50. The summed E-state index contributed by atoms with van der Waals surface area (Å²) in [5, 5.41) is 0. The van der Waals surface area contributed by atoms with Gasteiger partial charge in [0.05, 0.1) is 0 Å². The number of hydrogen-bond acceptors (Lipinski definition) is 0. The predicted octanol–water partition coefficient (Wildman–Crippen LogP) is 8.59. The second kappa shape index (κ2) is 17.7. The van der Waals surface area contributed by atoms with Gasteiger partial charge in [-0.25, -0.2) is 0 Å². The first-order chi connectivity index (χ1) is 28.3. The van der Waals surface area contributed by atoms with Crippen LogP contribution < -0.4 is 28.1 Å². The number of rotatable bonds is 6. The van der Waals surface area contributed by atoms with Crippen LogP contribution in [0.1, 0.15) is 92.5 Å². The molecule has 0 saturated carbocycles. The number of halogens is 8. The molecule has 0 heterocycles. The average Bonchev–Trinajstić information content (AvgIpc) is 3.87. The van der Waals surface area contributed by atoms with Crippen molar-refractivity contribution in [2.75, 3.05) is 0 Å². The second-order valence-corrected chi connectivity index (χ2v) is 23.8. The molecular formula is C53H46Cl2F6Zr. The smallest absolute Gasteiger partial charge is 1.00 e. The van der Waals surface area contributed by atoms with Gasteiger partial charge in [0.15, 0.2) is 0 Å². The summed E-state index contributed by atoms with van der Waals surface area (Å²) in [4.78, 5) is 0. The third kappa shape index (κ3) is 9.19. The van der Waals surface area contributed by atoms with Crippen molar-refractivity contribution in [3.05, 3.63) is 193 Å². The Morgan fingerprint density at radius 1 is 0.532 bits per heavy atom. The van der Waals surface area contributed by atoms with Gasteiger partial charge in [-0.2, -0.15) is 0 Å². The zero-order chi connectivity index (χ0) is 42.8. The monoisotopic (exact) mass is 956 g/mol. The van der Waals surface area contributed by atoms with Crippen molar-refractivity contribution in [1.29, 1.82) is 0 Å². The molecule has 0 N–H and O–H groups in total. The molecule has 0 amide bonds. The summed E-state index contributed by atoms with van der Waals surface area (Å²) in [5.41, 5.74) is 10.7. The summed E-state index contributed by atoms with van der Waals surface area (Å²) < 4.78 is 87.7. The Morgan fingerprint density at radius 3 is 1.47 bits per heavy atom. The van der Waals surface area contributed by atoms with E-state index in [0.29, 0.717) is 24.0 Å². The summed E-state index contributed by atoms with van der Waals surface area (Å²) >= 11 is -3.70. The van der Waals surface area contributed by atoms with Crippen LogP contribution in [0.5, 0.6) is 0 Å². The van der Waals surface area contributed by atoms with E-state index in [1.807, 2.05) is 30.3 Å². The molecule has 318 valence electrons. The van der Waals surface area contributed by atoms with E-state index in [2.05, 4.69) is 108 Å². The molecule has 2 aliphatic carbocycles. The Balaban J connectivity index is 0.00000321. The Kier molecular flexibility index (Phi) is 13.5. The molecule has 6 aromatic rings. The molecule has 0 aliphatic heterocycles. The third-order valence-corrected chi connectivity index (χ3v) is 19.4. The van der Waals surface area contributed by atoms with Gasteiger partial charge in [0, 0.05) is 0 Å². The number of allylic oxidation sites excluding steroid dienone is 4. The zero-order valence-electron chi connectivity index (χ0n) is 35.3. The van der Waals surface area contributed by atoms with Crippen molar-refractivity contribution in [3.8, 4) is 33.4 Å². The molecule has 0 atom stereocenters. The van der Waals surface area contributed by atoms with E-state index >= 15 is 0 Å². The normalized spacial score (nSPS) is 13.3. The number of alkyl halides is 6. The van der Waals surface area contributed by atoms with Crippen molar-refractivity contribution in [2.45, 2.75) is 77.6 Å². The molecular weight excluding hydrogens is 913 g/mol. The number of fused-ring (bicyclic) bond motifs is 3. The minimum atomic E-state index is -4.55. The Labute approximate surface area is 380 Å². The fourth-order valence-electron chi connectivity index (χ4n) is 8.81. The average molecular weight is 959 g/mol. The van der Waals surface area contributed by atoms with Crippen LogP contribution in [-0.4, -0.2) is 3.21 Å². The molecule has 0 unspecified atom stereocenters. The number of benzene rings is 6. The van der Waals surface area contributed by atoms with Crippen LogP contribution in [0.2, 0.25) is 0 Å². The first-order valence-corrected chi connectivity index (χ1v) is 23.9. The van der Waals surface area contributed by atoms with Gasteiger partial charge in [-0.1, -0.05) is 0 Å². The first-order valence-electron chi connectivity index (χ1n) is 20.3. The standard InChI is InChI=1S/C33H33.C15H8F6.C5H5.2ClH.Zr/c1-32(2,3)30-20-26-24(18-28(30)22-13-9-7-10-14-22)17-25-19-29(23-15-11-8-12-16-23)31(21-27(25)26)33(4,5)6;16-14(17,18)12-5-1-10(2-6-12)9-11-3-7-13(8-4-11)15(19,20)21;1-2-4-5-3-1;;;/h7-16,18,20-21H,17H2,1-6H3;1-8H;1-3H,4H2;2*1H;/q;;;;;+2/p-2. The second-order valence-electron chi connectivity index (χ2n) is 17.9. The molecule has 0 saturated heterocycles.